The fraction of sp³-hybridized carbons (Fsp3) is 0.500. The number of ether oxygens (including phenoxy) is 2. The molecule has 1 N–H and O–H groups in total. The predicted molar refractivity (Wildman–Crippen MR) is 90.5 cm³/mol. The van der Waals surface area contributed by atoms with Crippen LogP contribution in [-0.4, -0.2) is 29.9 Å². The van der Waals surface area contributed by atoms with Crippen molar-refractivity contribution in [3.8, 4) is 5.75 Å². The van der Waals surface area contributed by atoms with Gasteiger partial charge in [-0.15, -0.1) is 0 Å². The number of rotatable bonds is 3. The van der Waals surface area contributed by atoms with E-state index in [9.17, 15) is 9.59 Å². The summed E-state index contributed by atoms with van der Waals surface area (Å²) < 4.78 is 11.6. The maximum Gasteiger partial charge on any atom is 0.310 e. The third-order valence-electron chi connectivity index (χ3n) is 5.25. The molecule has 4 rings (SSSR count). The molecular formula is C16H15Br2NO4. The summed E-state index contributed by atoms with van der Waals surface area (Å²) in [5.74, 6) is -0.123. The Labute approximate surface area is 150 Å². The molecule has 0 radical (unpaired) electrons. The van der Waals surface area contributed by atoms with Crippen LogP contribution in [0.25, 0.3) is 0 Å². The van der Waals surface area contributed by atoms with Crippen molar-refractivity contribution in [3.63, 3.8) is 0 Å². The van der Waals surface area contributed by atoms with Crippen LogP contribution in [0.3, 0.4) is 0 Å². The molecule has 6 atom stereocenters. The monoisotopic (exact) mass is 443 g/mol. The van der Waals surface area contributed by atoms with E-state index in [0.717, 1.165) is 10.9 Å². The van der Waals surface area contributed by atoms with Gasteiger partial charge in [0.1, 0.15) is 11.9 Å². The zero-order valence-corrected chi connectivity index (χ0v) is 15.5. The van der Waals surface area contributed by atoms with Gasteiger partial charge in [0.05, 0.1) is 29.5 Å². The van der Waals surface area contributed by atoms with Crippen molar-refractivity contribution in [1.29, 1.82) is 0 Å². The molecule has 1 saturated heterocycles. The van der Waals surface area contributed by atoms with Crippen LogP contribution in [0.5, 0.6) is 5.75 Å². The Morgan fingerprint density at radius 3 is 2.91 bits per heavy atom. The number of amides is 1. The van der Waals surface area contributed by atoms with E-state index in [1.54, 1.807) is 19.2 Å². The first-order chi connectivity index (χ1) is 11.0. The van der Waals surface area contributed by atoms with Gasteiger partial charge in [0.15, 0.2) is 0 Å². The lowest BCUT2D eigenvalue weighted by molar-refractivity contribution is -0.145. The van der Waals surface area contributed by atoms with Crippen molar-refractivity contribution in [2.75, 3.05) is 12.4 Å². The second-order valence-electron chi connectivity index (χ2n) is 6.29. The number of methoxy groups -OCH3 is 1. The van der Waals surface area contributed by atoms with Gasteiger partial charge in [-0.25, -0.2) is 0 Å². The second-order valence-corrected chi connectivity index (χ2v) is 8.27. The molecular weight excluding hydrogens is 430 g/mol. The van der Waals surface area contributed by atoms with Crippen LogP contribution in [0.2, 0.25) is 0 Å². The van der Waals surface area contributed by atoms with Crippen molar-refractivity contribution in [1.82, 2.24) is 0 Å². The molecule has 23 heavy (non-hydrogen) atoms. The maximum absolute atomic E-state index is 12.8. The van der Waals surface area contributed by atoms with E-state index in [2.05, 4.69) is 37.2 Å². The molecule has 1 amide bonds. The normalized spacial score (nSPS) is 36.9. The van der Waals surface area contributed by atoms with Gasteiger partial charge >= 0.3 is 5.97 Å². The number of fused-ring (bicyclic) bond motifs is 1. The smallest absolute Gasteiger partial charge is 0.310 e. The molecule has 5 nitrogen and oxygen atoms in total. The Morgan fingerprint density at radius 2 is 2.17 bits per heavy atom. The average molecular weight is 445 g/mol. The molecule has 1 aromatic carbocycles. The molecule has 7 heteroatoms. The predicted octanol–water partition coefficient (Wildman–Crippen LogP) is 2.97. The number of esters is 1. The van der Waals surface area contributed by atoms with E-state index >= 15 is 0 Å². The highest BCUT2D eigenvalue weighted by Gasteiger charge is 2.67. The molecule has 1 heterocycles. The van der Waals surface area contributed by atoms with Gasteiger partial charge in [0.25, 0.3) is 0 Å². The zero-order chi connectivity index (χ0) is 16.3. The lowest BCUT2D eigenvalue weighted by Gasteiger charge is -2.27. The van der Waals surface area contributed by atoms with Gasteiger partial charge in [-0.3, -0.25) is 9.59 Å². The van der Waals surface area contributed by atoms with Crippen LogP contribution in [0.1, 0.15) is 6.42 Å². The summed E-state index contributed by atoms with van der Waals surface area (Å²) in [6, 6.07) is 5.42. The number of nitrogens with one attached hydrogen (secondary N) is 1. The number of carbonyl (C=O) groups excluding carboxylic acids is 2. The van der Waals surface area contributed by atoms with E-state index in [-0.39, 0.29) is 46.5 Å². The van der Waals surface area contributed by atoms with Gasteiger partial charge in [0.2, 0.25) is 5.91 Å². The van der Waals surface area contributed by atoms with Crippen LogP contribution < -0.4 is 10.1 Å². The first-order valence-electron chi connectivity index (χ1n) is 7.50. The lowest BCUT2D eigenvalue weighted by atomic mass is 9.79. The van der Waals surface area contributed by atoms with Gasteiger partial charge in [-0.1, -0.05) is 31.9 Å². The van der Waals surface area contributed by atoms with Crippen molar-refractivity contribution >= 4 is 49.4 Å². The number of carbonyl (C=O) groups is 2. The first kappa shape index (κ1) is 15.4. The third kappa shape index (κ3) is 2.23. The third-order valence-corrected chi connectivity index (χ3v) is 6.94. The summed E-state index contributed by atoms with van der Waals surface area (Å²) >= 11 is 7.00. The summed E-state index contributed by atoms with van der Waals surface area (Å²) in [4.78, 5) is 25.0. The Balaban J connectivity index is 1.60. The summed E-state index contributed by atoms with van der Waals surface area (Å²) in [6.45, 7) is 0. The minimum absolute atomic E-state index is 0.0660. The average Bonchev–Trinajstić information content (AvgIpc) is 3.13. The number of alkyl halides is 1. The fourth-order valence-corrected chi connectivity index (χ4v) is 5.70. The SMILES string of the molecule is COc1cc(Br)ccc1NC(=O)[C@@H]1[C@H]2C[C@H]3[C@H](OC(=O)[C@H]31)[C@@H]2Br. The van der Waals surface area contributed by atoms with Crippen molar-refractivity contribution < 1.29 is 19.1 Å². The summed E-state index contributed by atoms with van der Waals surface area (Å²) in [5, 5.41) is 2.93. The highest BCUT2D eigenvalue weighted by molar-refractivity contribution is 9.10. The molecule has 2 saturated carbocycles. The number of hydrogen-bond donors (Lipinski definition) is 1. The molecule has 2 bridgehead atoms. The Kier molecular flexibility index (Phi) is 3.68. The van der Waals surface area contributed by atoms with Crippen LogP contribution in [0.15, 0.2) is 22.7 Å². The zero-order valence-electron chi connectivity index (χ0n) is 12.3. The number of anilines is 1. The summed E-state index contributed by atoms with van der Waals surface area (Å²) in [6.07, 6.45) is 0.802. The Bertz CT molecular complexity index is 695. The van der Waals surface area contributed by atoms with Gasteiger partial charge in [-0.05, 0) is 30.5 Å². The summed E-state index contributed by atoms with van der Waals surface area (Å²) in [5.41, 5.74) is 0.609. The molecule has 1 aromatic rings. The highest BCUT2D eigenvalue weighted by Crippen LogP contribution is 2.60. The molecule has 2 aliphatic carbocycles. The lowest BCUT2D eigenvalue weighted by Crippen LogP contribution is -2.40. The Hall–Kier alpha value is -1.08. The minimum atomic E-state index is -0.344. The molecule has 0 aromatic heterocycles. The van der Waals surface area contributed by atoms with Crippen LogP contribution in [0.4, 0.5) is 5.69 Å². The fourth-order valence-electron chi connectivity index (χ4n) is 4.31. The van der Waals surface area contributed by atoms with Crippen molar-refractivity contribution in [2.45, 2.75) is 17.4 Å². The van der Waals surface area contributed by atoms with Crippen molar-refractivity contribution in [3.05, 3.63) is 22.7 Å². The van der Waals surface area contributed by atoms with E-state index in [1.165, 1.54) is 0 Å². The highest BCUT2D eigenvalue weighted by atomic mass is 79.9. The topological polar surface area (TPSA) is 64.6 Å². The molecule has 1 aliphatic heterocycles. The van der Waals surface area contributed by atoms with Crippen LogP contribution in [-0.2, 0) is 14.3 Å². The standard InChI is InChI=1S/C16H15Br2NO4/c1-22-10-4-6(17)2-3-9(10)19-15(20)11-7-5-8-12(11)16(21)23-14(8)13(7)18/h2-4,7-8,11-14H,5H2,1H3,(H,19,20)/t7-,8-,11-,12-,13-,14+/m1/s1. The van der Waals surface area contributed by atoms with Gasteiger partial charge in [-0.2, -0.15) is 0 Å². The maximum atomic E-state index is 12.8. The minimum Gasteiger partial charge on any atom is -0.495 e. The van der Waals surface area contributed by atoms with E-state index in [4.69, 9.17) is 9.47 Å². The molecule has 0 spiro atoms. The second kappa shape index (κ2) is 5.48. The molecule has 3 aliphatic rings. The van der Waals surface area contributed by atoms with E-state index in [1.807, 2.05) is 6.07 Å². The number of benzene rings is 1. The molecule has 0 unspecified atom stereocenters. The quantitative estimate of drug-likeness (QED) is 0.575. The van der Waals surface area contributed by atoms with Gasteiger partial charge < -0.3 is 14.8 Å². The van der Waals surface area contributed by atoms with E-state index in [0.29, 0.717) is 11.4 Å². The Morgan fingerprint density at radius 1 is 1.39 bits per heavy atom. The van der Waals surface area contributed by atoms with Crippen molar-refractivity contribution in [2.24, 2.45) is 23.7 Å². The number of halogens is 2. The number of hydrogen-bond acceptors (Lipinski definition) is 4. The molecule has 3 fully saturated rings. The first-order valence-corrected chi connectivity index (χ1v) is 9.21. The van der Waals surface area contributed by atoms with E-state index < -0.39 is 0 Å². The largest absolute Gasteiger partial charge is 0.495 e. The van der Waals surface area contributed by atoms with Crippen LogP contribution in [0, 0.1) is 23.7 Å². The molecule has 122 valence electrons. The summed E-state index contributed by atoms with van der Waals surface area (Å²) in [7, 11) is 1.56. The van der Waals surface area contributed by atoms with Crippen LogP contribution >= 0.6 is 31.9 Å². The van der Waals surface area contributed by atoms with Gasteiger partial charge in [0, 0.05) is 10.4 Å².